The molecule has 0 bridgehead atoms. The maximum absolute atomic E-state index is 12.2. The summed E-state index contributed by atoms with van der Waals surface area (Å²) in [5.41, 5.74) is 0.215. The van der Waals surface area contributed by atoms with Crippen molar-refractivity contribution >= 4 is 15.8 Å². The summed E-state index contributed by atoms with van der Waals surface area (Å²) in [6.45, 7) is 9.42. The van der Waals surface area contributed by atoms with Gasteiger partial charge in [0.2, 0.25) is 10.0 Å². The van der Waals surface area contributed by atoms with E-state index < -0.39 is 10.0 Å². The molecule has 1 aliphatic carbocycles. The fraction of sp³-hybridized carbons (Fsp3) is 0.722. The predicted octanol–water partition coefficient (Wildman–Crippen LogP) is 2.44. The Bertz CT molecular complexity index is 670. The van der Waals surface area contributed by atoms with Crippen molar-refractivity contribution in [3.05, 3.63) is 18.3 Å². The molecule has 0 amide bonds. The molecule has 2 aliphatic rings. The molecule has 0 radical (unpaired) electrons. The number of rotatable bonds is 6. The lowest BCUT2D eigenvalue weighted by molar-refractivity contribution is 0.106. The van der Waals surface area contributed by atoms with Crippen LogP contribution in [0.15, 0.2) is 23.2 Å². The van der Waals surface area contributed by atoms with Gasteiger partial charge in [0.1, 0.15) is 10.7 Å². The van der Waals surface area contributed by atoms with Crippen LogP contribution in [-0.2, 0) is 10.0 Å². The van der Waals surface area contributed by atoms with Crippen molar-refractivity contribution in [1.29, 1.82) is 0 Å². The molecule has 1 saturated carbocycles. The summed E-state index contributed by atoms with van der Waals surface area (Å²) >= 11 is 0. The lowest BCUT2D eigenvalue weighted by atomic mass is 9.98. The van der Waals surface area contributed by atoms with Crippen LogP contribution in [0.25, 0.3) is 0 Å². The molecule has 25 heavy (non-hydrogen) atoms. The van der Waals surface area contributed by atoms with E-state index in [2.05, 4.69) is 40.7 Å². The number of likely N-dealkylation sites (tertiary alicyclic amines) is 1. The number of piperidine rings is 1. The number of anilines is 1. The molecule has 1 aromatic heterocycles. The maximum atomic E-state index is 12.2. The van der Waals surface area contributed by atoms with Gasteiger partial charge in [-0.3, -0.25) is 4.90 Å². The second kappa shape index (κ2) is 7.21. The number of hydrogen-bond acceptors (Lipinski definition) is 5. The Kier molecular flexibility index (Phi) is 5.37. The molecule has 1 saturated heterocycles. The van der Waals surface area contributed by atoms with Crippen LogP contribution in [0.3, 0.4) is 0 Å². The lowest BCUT2D eigenvalue weighted by Gasteiger charge is -2.41. The van der Waals surface area contributed by atoms with Crippen LogP contribution in [0.1, 0.15) is 46.5 Å². The molecule has 0 aromatic carbocycles. The van der Waals surface area contributed by atoms with Crippen molar-refractivity contribution in [2.24, 2.45) is 5.92 Å². The monoisotopic (exact) mass is 366 g/mol. The minimum Gasteiger partial charge on any atom is -0.367 e. The van der Waals surface area contributed by atoms with Crippen LogP contribution in [0.5, 0.6) is 0 Å². The summed E-state index contributed by atoms with van der Waals surface area (Å²) in [6.07, 6.45) is 5.83. The highest BCUT2D eigenvalue weighted by Gasteiger charge is 2.27. The first-order chi connectivity index (χ1) is 11.7. The van der Waals surface area contributed by atoms with E-state index in [4.69, 9.17) is 0 Å². The second-order valence-corrected chi connectivity index (χ2v) is 10.0. The van der Waals surface area contributed by atoms with Crippen LogP contribution >= 0.6 is 0 Å². The summed E-state index contributed by atoms with van der Waals surface area (Å²) in [7, 11) is -3.44. The number of aromatic nitrogens is 1. The topological polar surface area (TPSA) is 74.3 Å². The van der Waals surface area contributed by atoms with Crippen LogP contribution in [-0.4, -0.2) is 49.5 Å². The number of pyridine rings is 1. The molecule has 1 aliphatic heterocycles. The molecule has 140 valence electrons. The van der Waals surface area contributed by atoms with Gasteiger partial charge in [-0.05, 0) is 64.5 Å². The van der Waals surface area contributed by atoms with Gasteiger partial charge in [0.15, 0.2) is 0 Å². The number of sulfonamides is 1. The standard InChI is InChI=1S/C18H30N4O2S/c1-18(2,3)22-10-8-15(9-11-22)21-17-7-6-16(13-19-17)25(23,24)20-12-14-4-5-14/h6-7,13-15,20H,4-5,8-12H2,1-3H3,(H,19,21). The van der Waals surface area contributed by atoms with Gasteiger partial charge >= 0.3 is 0 Å². The first kappa shape index (κ1) is 18.6. The molecule has 3 rings (SSSR count). The molecule has 0 atom stereocenters. The Morgan fingerprint density at radius 2 is 1.84 bits per heavy atom. The Hall–Kier alpha value is -1.18. The highest BCUT2D eigenvalue weighted by Crippen LogP contribution is 2.28. The highest BCUT2D eigenvalue weighted by molar-refractivity contribution is 7.89. The Morgan fingerprint density at radius 1 is 1.16 bits per heavy atom. The lowest BCUT2D eigenvalue weighted by Crippen LogP contribution is -2.48. The van der Waals surface area contributed by atoms with Crippen molar-refractivity contribution in [3.8, 4) is 0 Å². The molecule has 2 N–H and O–H groups in total. The zero-order valence-electron chi connectivity index (χ0n) is 15.5. The van der Waals surface area contributed by atoms with Crippen molar-refractivity contribution < 1.29 is 8.42 Å². The van der Waals surface area contributed by atoms with Crippen molar-refractivity contribution in [3.63, 3.8) is 0 Å². The molecule has 1 aromatic rings. The molecule has 7 heteroatoms. The van der Waals surface area contributed by atoms with Crippen molar-refractivity contribution in [2.75, 3.05) is 25.0 Å². The number of nitrogens with one attached hydrogen (secondary N) is 2. The van der Waals surface area contributed by atoms with Crippen LogP contribution in [0.4, 0.5) is 5.82 Å². The largest absolute Gasteiger partial charge is 0.367 e. The fourth-order valence-corrected chi connectivity index (χ4v) is 4.22. The zero-order valence-corrected chi connectivity index (χ0v) is 16.3. The van der Waals surface area contributed by atoms with E-state index >= 15 is 0 Å². The average molecular weight is 367 g/mol. The zero-order chi connectivity index (χ0) is 18.1. The maximum Gasteiger partial charge on any atom is 0.242 e. The van der Waals surface area contributed by atoms with E-state index in [1.807, 2.05) is 0 Å². The van der Waals surface area contributed by atoms with Gasteiger partial charge < -0.3 is 5.32 Å². The van der Waals surface area contributed by atoms with Crippen LogP contribution in [0.2, 0.25) is 0 Å². The Balaban J connectivity index is 1.52. The second-order valence-electron chi connectivity index (χ2n) is 8.25. The summed E-state index contributed by atoms with van der Waals surface area (Å²) in [5, 5.41) is 3.44. The van der Waals surface area contributed by atoms with E-state index in [0.29, 0.717) is 18.5 Å². The third kappa shape index (κ3) is 5.15. The summed E-state index contributed by atoms with van der Waals surface area (Å²) in [6, 6.07) is 3.79. The van der Waals surface area contributed by atoms with Gasteiger partial charge in [-0.2, -0.15) is 0 Å². The molecule has 2 fully saturated rings. The predicted molar refractivity (Wildman–Crippen MR) is 100 cm³/mol. The van der Waals surface area contributed by atoms with Gasteiger partial charge in [0.05, 0.1) is 0 Å². The minimum absolute atomic E-state index is 0.215. The number of hydrogen-bond donors (Lipinski definition) is 2. The Labute approximate surface area is 151 Å². The van der Waals surface area contributed by atoms with Crippen molar-refractivity contribution in [2.45, 2.75) is 62.9 Å². The average Bonchev–Trinajstić information content (AvgIpc) is 3.38. The quantitative estimate of drug-likeness (QED) is 0.809. The fourth-order valence-electron chi connectivity index (χ4n) is 3.16. The van der Waals surface area contributed by atoms with Crippen LogP contribution < -0.4 is 10.0 Å². The molecular weight excluding hydrogens is 336 g/mol. The summed E-state index contributed by atoms with van der Waals surface area (Å²) in [4.78, 5) is 7.04. The van der Waals surface area contributed by atoms with Gasteiger partial charge in [0, 0.05) is 37.4 Å². The van der Waals surface area contributed by atoms with E-state index in [0.717, 1.165) is 44.6 Å². The summed E-state index contributed by atoms with van der Waals surface area (Å²) in [5.74, 6) is 1.26. The SMILES string of the molecule is CC(C)(C)N1CCC(Nc2ccc(S(=O)(=O)NCC3CC3)cn2)CC1. The third-order valence-corrected chi connectivity index (χ3v) is 6.51. The molecular formula is C18H30N4O2S. The number of nitrogens with zero attached hydrogens (tertiary/aromatic N) is 2. The molecule has 2 heterocycles. The summed E-state index contributed by atoms with van der Waals surface area (Å²) < 4.78 is 27.1. The third-order valence-electron chi connectivity index (χ3n) is 5.10. The van der Waals surface area contributed by atoms with E-state index in [9.17, 15) is 8.42 Å². The smallest absolute Gasteiger partial charge is 0.242 e. The van der Waals surface area contributed by atoms with E-state index in [-0.39, 0.29) is 10.4 Å². The van der Waals surface area contributed by atoms with Crippen LogP contribution in [0, 0.1) is 5.92 Å². The van der Waals surface area contributed by atoms with E-state index in [1.165, 1.54) is 6.20 Å². The van der Waals surface area contributed by atoms with E-state index in [1.54, 1.807) is 12.1 Å². The molecule has 0 unspecified atom stereocenters. The molecule has 0 spiro atoms. The van der Waals surface area contributed by atoms with Gasteiger partial charge in [-0.1, -0.05) is 0 Å². The van der Waals surface area contributed by atoms with Gasteiger partial charge in [-0.25, -0.2) is 18.1 Å². The first-order valence-corrected chi connectivity index (χ1v) is 10.7. The highest BCUT2D eigenvalue weighted by atomic mass is 32.2. The minimum atomic E-state index is -3.44. The van der Waals surface area contributed by atoms with Gasteiger partial charge in [-0.15, -0.1) is 0 Å². The Morgan fingerprint density at radius 3 is 2.36 bits per heavy atom. The van der Waals surface area contributed by atoms with Crippen molar-refractivity contribution in [1.82, 2.24) is 14.6 Å². The molecule has 6 nitrogen and oxygen atoms in total. The first-order valence-electron chi connectivity index (χ1n) is 9.21. The van der Waals surface area contributed by atoms with Gasteiger partial charge in [0.25, 0.3) is 0 Å². The normalized spacial score (nSPS) is 20.6.